The Balaban J connectivity index is 1.85. The minimum atomic E-state index is -5.19. The van der Waals surface area contributed by atoms with Crippen molar-refractivity contribution in [3.8, 4) is 17.0 Å². The fraction of sp³-hybridized carbons (Fsp3) is 0.400. The standard InChI is InChI=1S/C20H18F6N4O2/c1-29-18-11(8-13(21)19(27-18)30-5-3-9(32-2)4-6-30)16(28-29)10-7-12(20(24,25)26)15(23)17(31)14(10)22/h7-9,31H,3-6H2,1-2H3. The number of hydrogen-bond acceptors (Lipinski definition) is 5. The van der Waals surface area contributed by atoms with Crippen LogP contribution in [0.5, 0.6) is 5.75 Å². The Morgan fingerprint density at radius 1 is 1.09 bits per heavy atom. The molecule has 0 saturated carbocycles. The number of hydrogen-bond donors (Lipinski definition) is 1. The number of pyridine rings is 1. The maximum atomic E-state index is 14.9. The number of phenols is 1. The molecule has 1 N–H and O–H groups in total. The van der Waals surface area contributed by atoms with E-state index in [-0.39, 0.29) is 29.0 Å². The van der Waals surface area contributed by atoms with Gasteiger partial charge in [0.15, 0.2) is 34.7 Å². The van der Waals surface area contributed by atoms with Crippen LogP contribution < -0.4 is 4.90 Å². The minimum Gasteiger partial charge on any atom is -0.503 e. The number of aromatic nitrogens is 3. The fourth-order valence-corrected chi connectivity index (χ4v) is 3.87. The van der Waals surface area contributed by atoms with Gasteiger partial charge in [-0.15, -0.1) is 0 Å². The Labute approximate surface area is 178 Å². The second-order valence-corrected chi connectivity index (χ2v) is 7.51. The summed E-state index contributed by atoms with van der Waals surface area (Å²) >= 11 is 0. The van der Waals surface area contributed by atoms with E-state index in [1.54, 1.807) is 12.0 Å². The first-order valence-electron chi connectivity index (χ1n) is 9.62. The van der Waals surface area contributed by atoms with Crippen LogP contribution in [0.4, 0.5) is 32.2 Å². The van der Waals surface area contributed by atoms with Gasteiger partial charge in [-0.25, -0.2) is 22.8 Å². The number of phenolic OH excluding ortho intramolecular Hbond substituents is 1. The van der Waals surface area contributed by atoms with E-state index in [4.69, 9.17) is 4.74 Å². The number of anilines is 1. The van der Waals surface area contributed by atoms with Crippen molar-refractivity contribution < 1.29 is 36.2 Å². The Hall–Kier alpha value is -3.02. The van der Waals surface area contributed by atoms with E-state index in [0.29, 0.717) is 25.9 Å². The molecule has 1 aliphatic rings. The molecule has 0 unspecified atom stereocenters. The lowest BCUT2D eigenvalue weighted by atomic mass is 10.0. The van der Waals surface area contributed by atoms with Gasteiger partial charge in [0.1, 0.15) is 5.69 Å². The van der Waals surface area contributed by atoms with Gasteiger partial charge >= 0.3 is 6.18 Å². The van der Waals surface area contributed by atoms with E-state index < -0.39 is 46.2 Å². The number of aromatic hydroxyl groups is 1. The van der Waals surface area contributed by atoms with Gasteiger partial charge in [-0.2, -0.15) is 18.3 Å². The first kappa shape index (κ1) is 22.2. The van der Waals surface area contributed by atoms with Gasteiger partial charge in [0, 0.05) is 32.8 Å². The molecular weight excluding hydrogens is 442 g/mol. The maximum absolute atomic E-state index is 14.9. The van der Waals surface area contributed by atoms with Gasteiger partial charge in [0.05, 0.1) is 17.1 Å². The third kappa shape index (κ3) is 3.61. The van der Waals surface area contributed by atoms with Crippen LogP contribution >= 0.6 is 0 Å². The molecule has 2 aromatic heterocycles. The summed E-state index contributed by atoms with van der Waals surface area (Å²) in [5, 5.41) is 13.5. The SMILES string of the molecule is COC1CCN(c2nc3c(cc2F)c(-c2cc(C(F)(F)F)c(F)c(O)c2F)nn3C)CC1. The van der Waals surface area contributed by atoms with Crippen molar-refractivity contribution in [2.75, 3.05) is 25.1 Å². The van der Waals surface area contributed by atoms with E-state index in [1.807, 2.05) is 0 Å². The smallest absolute Gasteiger partial charge is 0.419 e. The summed E-state index contributed by atoms with van der Waals surface area (Å²) in [6.45, 7) is 0.960. The molecule has 0 bridgehead atoms. The lowest BCUT2D eigenvalue weighted by molar-refractivity contribution is -0.140. The first-order chi connectivity index (χ1) is 15.0. The van der Waals surface area contributed by atoms with E-state index in [9.17, 15) is 31.4 Å². The molecule has 3 aromatic rings. The zero-order valence-electron chi connectivity index (χ0n) is 17.0. The summed E-state index contributed by atoms with van der Waals surface area (Å²) in [5.41, 5.74) is -3.01. The van der Waals surface area contributed by atoms with Crippen molar-refractivity contribution in [3.05, 3.63) is 35.1 Å². The van der Waals surface area contributed by atoms with Gasteiger partial charge in [-0.1, -0.05) is 0 Å². The molecule has 32 heavy (non-hydrogen) atoms. The maximum Gasteiger partial charge on any atom is 0.419 e. The minimum absolute atomic E-state index is 0.0278. The molecule has 4 rings (SSSR count). The van der Waals surface area contributed by atoms with Gasteiger partial charge in [-0.05, 0) is 25.0 Å². The summed E-state index contributed by atoms with van der Waals surface area (Å²) in [6.07, 6.45) is -3.82. The molecule has 3 heterocycles. The monoisotopic (exact) mass is 460 g/mol. The van der Waals surface area contributed by atoms with Crippen LogP contribution in [0.3, 0.4) is 0 Å². The highest BCUT2D eigenvalue weighted by Gasteiger charge is 2.38. The molecule has 1 aromatic carbocycles. The van der Waals surface area contributed by atoms with E-state index in [0.717, 1.165) is 10.7 Å². The van der Waals surface area contributed by atoms with Crippen LogP contribution in [-0.2, 0) is 18.0 Å². The van der Waals surface area contributed by atoms with Crippen molar-refractivity contribution in [1.29, 1.82) is 0 Å². The Kier molecular flexibility index (Phi) is 5.43. The molecule has 0 spiro atoms. The van der Waals surface area contributed by atoms with Crippen molar-refractivity contribution in [1.82, 2.24) is 14.8 Å². The lowest BCUT2D eigenvalue weighted by Gasteiger charge is -2.32. The van der Waals surface area contributed by atoms with Crippen LogP contribution in [0.25, 0.3) is 22.3 Å². The molecule has 172 valence electrons. The quantitative estimate of drug-likeness (QED) is 0.588. The van der Waals surface area contributed by atoms with Gasteiger partial charge in [-0.3, -0.25) is 0 Å². The van der Waals surface area contributed by atoms with Crippen LogP contribution in [0.15, 0.2) is 12.1 Å². The van der Waals surface area contributed by atoms with Crippen LogP contribution in [0, 0.1) is 17.5 Å². The number of ether oxygens (including phenoxy) is 1. The lowest BCUT2D eigenvalue weighted by Crippen LogP contribution is -2.37. The van der Waals surface area contributed by atoms with Crippen LogP contribution in [0.2, 0.25) is 0 Å². The predicted octanol–water partition coefficient (Wildman–Crippen LogP) is 4.39. The summed E-state index contributed by atoms with van der Waals surface area (Å²) in [4.78, 5) is 5.98. The number of nitrogens with zero attached hydrogens (tertiary/aromatic N) is 4. The summed E-state index contributed by atoms with van der Waals surface area (Å²) in [5.74, 6) is -6.31. The Morgan fingerprint density at radius 2 is 1.75 bits per heavy atom. The first-order valence-corrected chi connectivity index (χ1v) is 9.62. The van der Waals surface area contributed by atoms with E-state index in [2.05, 4.69) is 10.1 Å². The predicted molar refractivity (Wildman–Crippen MR) is 103 cm³/mol. The molecule has 6 nitrogen and oxygen atoms in total. The summed E-state index contributed by atoms with van der Waals surface area (Å²) in [7, 11) is 3.00. The molecule has 0 atom stereocenters. The second-order valence-electron chi connectivity index (χ2n) is 7.51. The van der Waals surface area contributed by atoms with Gasteiger partial charge in [0.2, 0.25) is 0 Å². The third-order valence-corrected chi connectivity index (χ3v) is 5.56. The number of rotatable bonds is 3. The highest BCUT2D eigenvalue weighted by molar-refractivity contribution is 5.92. The second kappa shape index (κ2) is 7.84. The fourth-order valence-electron chi connectivity index (χ4n) is 3.87. The Bertz CT molecular complexity index is 1190. The van der Waals surface area contributed by atoms with Crippen molar-refractivity contribution in [3.63, 3.8) is 0 Å². The highest BCUT2D eigenvalue weighted by atomic mass is 19.4. The average Bonchev–Trinajstić information content (AvgIpc) is 3.06. The Morgan fingerprint density at radius 3 is 2.34 bits per heavy atom. The zero-order valence-corrected chi connectivity index (χ0v) is 17.0. The number of aryl methyl sites for hydroxylation is 1. The molecule has 0 radical (unpaired) electrons. The van der Waals surface area contributed by atoms with Crippen LogP contribution in [0.1, 0.15) is 18.4 Å². The molecule has 0 aliphatic carbocycles. The summed E-state index contributed by atoms with van der Waals surface area (Å²) in [6, 6.07) is 1.20. The highest BCUT2D eigenvalue weighted by Crippen LogP contribution is 2.42. The third-order valence-electron chi connectivity index (χ3n) is 5.56. The number of halogens is 6. The summed E-state index contributed by atoms with van der Waals surface area (Å²) < 4.78 is 89.3. The van der Waals surface area contributed by atoms with Gasteiger partial charge in [0.25, 0.3) is 0 Å². The molecule has 1 saturated heterocycles. The largest absolute Gasteiger partial charge is 0.503 e. The number of alkyl halides is 3. The van der Waals surface area contributed by atoms with E-state index in [1.165, 1.54) is 7.05 Å². The molecule has 1 aliphatic heterocycles. The van der Waals surface area contributed by atoms with Crippen molar-refractivity contribution in [2.24, 2.45) is 7.05 Å². The molecule has 0 amide bonds. The van der Waals surface area contributed by atoms with Gasteiger partial charge < -0.3 is 14.7 Å². The number of methoxy groups -OCH3 is 1. The normalized spacial score (nSPS) is 15.7. The molecule has 1 fully saturated rings. The topological polar surface area (TPSA) is 63.4 Å². The number of piperidine rings is 1. The number of benzene rings is 1. The van der Waals surface area contributed by atoms with Crippen molar-refractivity contribution in [2.45, 2.75) is 25.1 Å². The number of fused-ring (bicyclic) bond motifs is 1. The zero-order chi connectivity index (χ0) is 23.4. The van der Waals surface area contributed by atoms with Crippen molar-refractivity contribution >= 4 is 16.9 Å². The molecule has 12 heteroatoms. The van der Waals surface area contributed by atoms with Crippen LogP contribution in [-0.4, -0.2) is 46.2 Å². The average molecular weight is 460 g/mol. The van der Waals surface area contributed by atoms with E-state index >= 15 is 0 Å². The molecular formula is C20H18F6N4O2.